The number of carbonyl (C=O) groups excluding carboxylic acids is 2. The fourth-order valence-electron chi connectivity index (χ4n) is 2.48. The number of carbonyl (C=O) groups is 2. The summed E-state index contributed by atoms with van der Waals surface area (Å²) in [5.74, 6) is 0.660. The lowest BCUT2D eigenvalue weighted by Crippen LogP contribution is -2.41. The molecule has 2 aromatic carbocycles. The lowest BCUT2D eigenvalue weighted by atomic mass is 10.2. The maximum atomic E-state index is 12.3. The summed E-state index contributed by atoms with van der Waals surface area (Å²) in [6.07, 6.45) is -1.90. The fourth-order valence-corrected chi connectivity index (χ4v) is 2.48. The lowest BCUT2D eigenvalue weighted by Gasteiger charge is -2.25. The molecule has 1 heterocycles. The summed E-state index contributed by atoms with van der Waals surface area (Å²) in [6, 6.07) is 14.0. The Balaban J connectivity index is 1.52. The number of rotatable bonds is 6. The zero-order valence-electron chi connectivity index (χ0n) is 15.1. The Morgan fingerprint density at radius 3 is 2.56 bits per heavy atom. The maximum absolute atomic E-state index is 12.3. The first-order valence-electron chi connectivity index (χ1n) is 8.69. The number of anilines is 1. The third-order valence-corrected chi connectivity index (χ3v) is 3.87. The maximum Gasteiger partial charge on any atom is 0.351 e. The molecule has 142 valence electrons. The van der Waals surface area contributed by atoms with Gasteiger partial charge in [-0.1, -0.05) is 12.1 Å². The number of esters is 1. The van der Waals surface area contributed by atoms with Crippen LogP contribution < -0.4 is 19.5 Å². The minimum absolute atomic E-state index is 0.0308. The van der Waals surface area contributed by atoms with Gasteiger partial charge in [0.15, 0.2) is 17.6 Å². The van der Waals surface area contributed by atoms with Gasteiger partial charge in [0.25, 0.3) is 5.91 Å². The smallest absolute Gasteiger partial charge is 0.351 e. The number of ether oxygens (including phenoxy) is 4. The van der Waals surface area contributed by atoms with Gasteiger partial charge in [0, 0.05) is 5.69 Å². The molecular weight excluding hydrogens is 350 g/mol. The second kappa shape index (κ2) is 8.44. The first kappa shape index (κ1) is 18.6. The van der Waals surface area contributed by atoms with E-state index >= 15 is 0 Å². The van der Waals surface area contributed by atoms with Gasteiger partial charge in [0.2, 0.25) is 6.10 Å². The highest BCUT2D eigenvalue weighted by Crippen LogP contribution is 2.31. The van der Waals surface area contributed by atoms with E-state index in [0.717, 1.165) is 0 Å². The summed E-state index contributed by atoms with van der Waals surface area (Å²) >= 11 is 0. The Morgan fingerprint density at radius 2 is 1.85 bits per heavy atom. The average molecular weight is 371 g/mol. The van der Waals surface area contributed by atoms with Crippen LogP contribution in [0.15, 0.2) is 48.5 Å². The van der Waals surface area contributed by atoms with Crippen molar-refractivity contribution >= 4 is 17.6 Å². The number of fused-ring (bicyclic) bond motifs is 1. The number of nitrogens with one attached hydrogen (secondary N) is 1. The van der Waals surface area contributed by atoms with Gasteiger partial charge < -0.3 is 24.3 Å². The van der Waals surface area contributed by atoms with Crippen LogP contribution in [0, 0.1) is 0 Å². The number of hydrogen-bond acceptors (Lipinski definition) is 6. The van der Waals surface area contributed by atoms with E-state index in [1.54, 1.807) is 42.5 Å². The predicted molar refractivity (Wildman–Crippen MR) is 98.1 cm³/mol. The van der Waals surface area contributed by atoms with Crippen LogP contribution in [0.3, 0.4) is 0 Å². The van der Waals surface area contributed by atoms with Crippen molar-refractivity contribution < 1.29 is 28.5 Å². The molecule has 7 nitrogen and oxygen atoms in total. The van der Waals surface area contributed by atoms with Gasteiger partial charge in [-0.15, -0.1) is 0 Å². The molecule has 1 N–H and O–H groups in total. The van der Waals surface area contributed by atoms with E-state index in [4.69, 9.17) is 18.9 Å². The van der Waals surface area contributed by atoms with E-state index in [-0.39, 0.29) is 6.61 Å². The second-order valence-corrected chi connectivity index (χ2v) is 5.89. The van der Waals surface area contributed by atoms with Gasteiger partial charge in [0.05, 0.1) is 6.61 Å². The van der Waals surface area contributed by atoms with E-state index in [2.05, 4.69) is 5.32 Å². The van der Waals surface area contributed by atoms with Crippen LogP contribution in [0.1, 0.15) is 13.8 Å². The largest absolute Gasteiger partial charge is 0.494 e. The Morgan fingerprint density at radius 1 is 1.15 bits per heavy atom. The van der Waals surface area contributed by atoms with Gasteiger partial charge in [0.1, 0.15) is 12.4 Å². The molecule has 0 unspecified atom stereocenters. The number of para-hydroxylation sites is 2. The normalized spacial score (nSPS) is 16.1. The molecule has 1 aliphatic rings. The van der Waals surface area contributed by atoms with Crippen molar-refractivity contribution in [2.45, 2.75) is 26.1 Å². The zero-order chi connectivity index (χ0) is 19.2. The lowest BCUT2D eigenvalue weighted by molar-refractivity contribution is -0.162. The fraction of sp³-hybridized carbons (Fsp3) is 0.300. The molecule has 1 aliphatic heterocycles. The molecule has 27 heavy (non-hydrogen) atoms. The highest BCUT2D eigenvalue weighted by molar-refractivity contribution is 5.95. The van der Waals surface area contributed by atoms with Gasteiger partial charge in [-0.2, -0.15) is 0 Å². The summed E-state index contributed by atoms with van der Waals surface area (Å²) in [5.41, 5.74) is 0.581. The van der Waals surface area contributed by atoms with E-state index in [1.165, 1.54) is 6.92 Å². The van der Waals surface area contributed by atoms with Crippen molar-refractivity contribution in [3.8, 4) is 17.2 Å². The highest BCUT2D eigenvalue weighted by atomic mass is 16.6. The quantitative estimate of drug-likeness (QED) is 0.786. The van der Waals surface area contributed by atoms with Gasteiger partial charge in [-0.3, -0.25) is 4.79 Å². The molecule has 2 atom stereocenters. The summed E-state index contributed by atoms with van der Waals surface area (Å²) in [6.45, 7) is 3.99. The SMILES string of the molecule is CCOc1ccc(NC(=O)[C@H](C)OC(=O)[C@@H]2COc3ccccc3O2)cc1. The number of benzene rings is 2. The molecule has 0 radical (unpaired) electrons. The van der Waals surface area contributed by atoms with Crippen molar-refractivity contribution in [3.05, 3.63) is 48.5 Å². The van der Waals surface area contributed by atoms with Crippen LogP contribution in [0.5, 0.6) is 17.2 Å². The van der Waals surface area contributed by atoms with Crippen LogP contribution in [0.25, 0.3) is 0 Å². The minimum Gasteiger partial charge on any atom is -0.494 e. The third kappa shape index (κ3) is 4.69. The second-order valence-electron chi connectivity index (χ2n) is 5.89. The summed E-state index contributed by atoms with van der Waals surface area (Å²) in [7, 11) is 0. The molecule has 1 amide bonds. The molecule has 0 saturated carbocycles. The molecule has 0 fully saturated rings. The van der Waals surface area contributed by atoms with E-state index in [9.17, 15) is 9.59 Å². The van der Waals surface area contributed by atoms with Gasteiger partial charge >= 0.3 is 5.97 Å². The van der Waals surface area contributed by atoms with Crippen molar-refractivity contribution in [3.63, 3.8) is 0 Å². The van der Waals surface area contributed by atoms with Crippen LogP contribution in [-0.2, 0) is 14.3 Å². The van der Waals surface area contributed by atoms with Crippen LogP contribution in [0.4, 0.5) is 5.69 Å². The van der Waals surface area contributed by atoms with Crippen molar-refractivity contribution in [2.75, 3.05) is 18.5 Å². The highest BCUT2D eigenvalue weighted by Gasteiger charge is 2.31. The van der Waals surface area contributed by atoms with E-state index in [1.807, 2.05) is 13.0 Å². The Kier molecular flexibility index (Phi) is 5.80. The van der Waals surface area contributed by atoms with Crippen LogP contribution >= 0.6 is 0 Å². The van der Waals surface area contributed by atoms with Gasteiger partial charge in [-0.25, -0.2) is 4.79 Å². The molecule has 2 aromatic rings. The molecule has 0 saturated heterocycles. The Labute approximate surface area is 157 Å². The van der Waals surface area contributed by atoms with Crippen molar-refractivity contribution in [1.82, 2.24) is 0 Å². The summed E-state index contributed by atoms with van der Waals surface area (Å²) in [4.78, 5) is 24.5. The topological polar surface area (TPSA) is 83.1 Å². The molecule has 7 heteroatoms. The van der Waals surface area contributed by atoms with Crippen LogP contribution in [0.2, 0.25) is 0 Å². The van der Waals surface area contributed by atoms with Crippen LogP contribution in [-0.4, -0.2) is 37.3 Å². The molecule has 0 aliphatic carbocycles. The zero-order valence-corrected chi connectivity index (χ0v) is 15.1. The average Bonchev–Trinajstić information content (AvgIpc) is 2.69. The van der Waals surface area contributed by atoms with Crippen molar-refractivity contribution in [2.24, 2.45) is 0 Å². The minimum atomic E-state index is -0.982. The monoisotopic (exact) mass is 371 g/mol. The Hall–Kier alpha value is -3.22. The number of hydrogen-bond donors (Lipinski definition) is 1. The molecule has 0 bridgehead atoms. The van der Waals surface area contributed by atoms with E-state index < -0.39 is 24.1 Å². The summed E-state index contributed by atoms with van der Waals surface area (Å²) in [5, 5.41) is 2.69. The summed E-state index contributed by atoms with van der Waals surface area (Å²) < 4.78 is 21.6. The molecular formula is C20H21NO6. The molecule has 3 rings (SSSR count). The first-order chi connectivity index (χ1) is 13.1. The Bertz CT molecular complexity index is 804. The number of amides is 1. The van der Waals surface area contributed by atoms with E-state index in [0.29, 0.717) is 29.5 Å². The first-order valence-corrected chi connectivity index (χ1v) is 8.69. The molecule has 0 aromatic heterocycles. The molecule has 0 spiro atoms. The predicted octanol–water partition coefficient (Wildman–Crippen LogP) is 2.80. The van der Waals surface area contributed by atoms with Crippen molar-refractivity contribution in [1.29, 1.82) is 0 Å². The van der Waals surface area contributed by atoms with Gasteiger partial charge in [-0.05, 0) is 50.2 Å². The standard InChI is InChI=1S/C20H21NO6/c1-3-24-15-10-8-14(9-11-15)21-19(22)13(2)26-20(23)18-12-25-16-6-4-5-7-17(16)27-18/h4-11,13,18H,3,12H2,1-2H3,(H,21,22)/t13-,18-/m0/s1. The third-order valence-electron chi connectivity index (χ3n) is 3.87.